The largest absolute Gasteiger partial charge is 0.507 e. The highest BCUT2D eigenvalue weighted by molar-refractivity contribution is 5.93. The maximum Gasteiger partial charge on any atom is 0.342 e. The first-order valence-corrected chi connectivity index (χ1v) is 6.62. The van der Waals surface area contributed by atoms with E-state index in [1.54, 1.807) is 6.07 Å². The fourth-order valence-electron chi connectivity index (χ4n) is 2.28. The molecule has 1 aromatic rings. The molecule has 1 aliphatic rings. The number of nitrogens with zero attached hydrogens (tertiary/aromatic N) is 1. The molecule has 0 aromatic heterocycles. The number of phenols is 1. The van der Waals surface area contributed by atoms with Crippen molar-refractivity contribution in [3.8, 4) is 5.75 Å². The monoisotopic (exact) mass is 264 g/mol. The molecule has 3 N–H and O–H groups in total. The fourth-order valence-corrected chi connectivity index (χ4v) is 2.28. The molecule has 0 amide bonds. The number of esters is 1. The normalized spacial score (nSPS) is 17.3. The molecule has 0 spiro atoms. The Labute approximate surface area is 113 Å². The molecule has 2 rings (SSSR count). The van der Waals surface area contributed by atoms with E-state index in [-0.39, 0.29) is 17.4 Å². The molecule has 0 atom stereocenters. The number of carbonyl (C=O) groups is 1. The second-order valence-electron chi connectivity index (χ2n) is 4.82. The van der Waals surface area contributed by atoms with Crippen LogP contribution in [0.1, 0.15) is 30.1 Å². The molecule has 1 aromatic carbocycles. The Morgan fingerprint density at radius 2 is 2.16 bits per heavy atom. The Morgan fingerprint density at radius 1 is 1.47 bits per heavy atom. The van der Waals surface area contributed by atoms with E-state index in [9.17, 15) is 9.90 Å². The second-order valence-corrected chi connectivity index (χ2v) is 4.82. The van der Waals surface area contributed by atoms with Crippen LogP contribution in [0.15, 0.2) is 18.2 Å². The van der Waals surface area contributed by atoms with Crippen LogP contribution in [0.5, 0.6) is 5.75 Å². The highest BCUT2D eigenvalue weighted by Gasteiger charge is 2.23. The number of likely N-dealkylation sites (tertiary alicyclic amines) is 1. The number of nitrogens with two attached hydrogens (primary N) is 1. The average molecular weight is 264 g/mol. The number of phenolic OH excluding ortho intramolecular Hbond substituents is 1. The van der Waals surface area contributed by atoms with Gasteiger partial charge >= 0.3 is 5.97 Å². The summed E-state index contributed by atoms with van der Waals surface area (Å²) < 4.78 is 5.42. The zero-order valence-corrected chi connectivity index (χ0v) is 11.1. The predicted molar refractivity (Wildman–Crippen MR) is 73.1 cm³/mol. The maximum absolute atomic E-state index is 12.0. The standard InChI is InChI=1S/C14H20N2O3/c1-2-16-7-5-11(6-8-16)19-14(18)12-4-3-10(15)9-13(12)17/h3-4,9,11,17H,2,5-8,15H2,1H3. The Morgan fingerprint density at radius 3 is 2.74 bits per heavy atom. The van der Waals surface area contributed by atoms with Crippen LogP contribution in [-0.4, -0.2) is 41.7 Å². The smallest absolute Gasteiger partial charge is 0.342 e. The predicted octanol–water partition coefficient (Wildman–Crippen LogP) is 1.62. The van der Waals surface area contributed by atoms with Gasteiger partial charge in [-0.25, -0.2) is 4.79 Å². The van der Waals surface area contributed by atoms with Crippen LogP contribution >= 0.6 is 0 Å². The Balaban J connectivity index is 1.94. The van der Waals surface area contributed by atoms with Crippen molar-refractivity contribution in [2.45, 2.75) is 25.9 Å². The lowest BCUT2D eigenvalue weighted by molar-refractivity contribution is 0.0117. The lowest BCUT2D eigenvalue weighted by Crippen LogP contribution is -2.37. The third kappa shape index (κ3) is 3.38. The van der Waals surface area contributed by atoms with Gasteiger partial charge in [-0.3, -0.25) is 0 Å². The first-order chi connectivity index (χ1) is 9.10. The summed E-state index contributed by atoms with van der Waals surface area (Å²) in [6, 6.07) is 4.43. The minimum absolute atomic E-state index is 0.0627. The second kappa shape index (κ2) is 5.93. The summed E-state index contributed by atoms with van der Waals surface area (Å²) in [7, 11) is 0. The summed E-state index contributed by atoms with van der Waals surface area (Å²) in [6.45, 7) is 5.04. The number of nitrogen functional groups attached to an aromatic ring is 1. The molecular formula is C14H20N2O3. The topological polar surface area (TPSA) is 75.8 Å². The molecule has 1 saturated heterocycles. The van der Waals surface area contributed by atoms with Crippen molar-refractivity contribution in [1.29, 1.82) is 0 Å². The van der Waals surface area contributed by atoms with E-state index in [1.807, 2.05) is 0 Å². The first-order valence-electron chi connectivity index (χ1n) is 6.62. The van der Waals surface area contributed by atoms with Gasteiger partial charge in [-0.05, 0) is 31.5 Å². The van der Waals surface area contributed by atoms with Crippen LogP contribution in [0.2, 0.25) is 0 Å². The van der Waals surface area contributed by atoms with E-state index >= 15 is 0 Å². The van der Waals surface area contributed by atoms with Crippen molar-refractivity contribution < 1.29 is 14.6 Å². The summed E-state index contributed by atoms with van der Waals surface area (Å²) in [5.41, 5.74) is 6.12. The van der Waals surface area contributed by atoms with Gasteiger partial charge in [0.25, 0.3) is 0 Å². The van der Waals surface area contributed by atoms with Crippen LogP contribution in [0.25, 0.3) is 0 Å². The van der Waals surface area contributed by atoms with Gasteiger partial charge in [-0.1, -0.05) is 6.92 Å². The molecule has 0 radical (unpaired) electrons. The van der Waals surface area contributed by atoms with Gasteiger partial charge in [0, 0.05) is 24.8 Å². The summed E-state index contributed by atoms with van der Waals surface area (Å²) >= 11 is 0. The zero-order chi connectivity index (χ0) is 13.8. The minimum Gasteiger partial charge on any atom is -0.507 e. The van der Waals surface area contributed by atoms with Gasteiger partial charge in [0.05, 0.1) is 0 Å². The van der Waals surface area contributed by atoms with Gasteiger partial charge in [-0.15, -0.1) is 0 Å². The number of piperidine rings is 1. The van der Waals surface area contributed by atoms with Crippen molar-refractivity contribution in [1.82, 2.24) is 4.90 Å². The van der Waals surface area contributed by atoms with Crippen molar-refractivity contribution in [2.24, 2.45) is 0 Å². The lowest BCUT2D eigenvalue weighted by atomic mass is 10.1. The van der Waals surface area contributed by atoms with E-state index in [2.05, 4.69) is 11.8 Å². The van der Waals surface area contributed by atoms with E-state index in [0.717, 1.165) is 32.5 Å². The van der Waals surface area contributed by atoms with Gasteiger partial charge in [0.15, 0.2) is 0 Å². The van der Waals surface area contributed by atoms with Crippen molar-refractivity contribution >= 4 is 11.7 Å². The van der Waals surface area contributed by atoms with Crippen molar-refractivity contribution in [3.05, 3.63) is 23.8 Å². The van der Waals surface area contributed by atoms with Gasteiger partial charge in [0.2, 0.25) is 0 Å². The van der Waals surface area contributed by atoms with Crippen LogP contribution in [0, 0.1) is 0 Å². The summed E-state index contributed by atoms with van der Waals surface area (Å²) in [5, 5.41) is 9.68. The van der Waals surface area contributed by atoms with E-state index < -0.39 is 5.97 Å². The van der Waals surface area contributed by atoms with Crippen molar-refractivity contribution in [2.75, 3.05) is 25.4 Å². The van der Waals surface area contributed by atoms with Crippen molar-refractivity contribution in [3.63, 3.8) is 0 Å². The van der Waals surface area contributed by atoms with Gasteiger partial charge in [-0.2, -0.15) is 0 Å². The number of rotatable bonds is 3. The number of hydrogen-bond donors (Lipinski definition) is 2. The first kappa shape index (κ1) is 13.7. The third-order valence-corrected chi connectivity index (χ3v) is 3.50. The van der Waals surface area contributed by atoms with E-state index in [4.69, 9.17) is 10.5 Å². The van der Waals surface area contributed by atoms with Crippen LogP contribution < -0.4 is 5.73 Å². The molecule has 0 aliphatic carbocycles. The molecule has 19 heavy (non-hydrogen) atoms. The van der Waals surface area contributed by atoms with Gasteiger partial charge in [0.1, 0.15) is 17.4 Å². The molecule has 1 aliphatic heterocycles. The highest BCUT2D eigenvalue weighted by Crippen LogP contribution is 2.23. The van der Waals surface area contributed by atoms with Crippen LogP contribution in [0.3, 0.4) is 0 Å². The summed E-state index contributed by atoms with van der Waals surface area (Å²) in [6.07, 6.45) is 1.62. The van der Waals surface area contributed by atoms with Gasteiger partial charge < -0.3 is 20.5 Å². The number of aromatic hydroxyl groups is 1. The summed E-state index contributed by atoms with van der Waals surface area (Å²) in [4.78, 5) is 14.3. The Bertz CT molecular complexity index is 454. The molecule has 1 fully saturated rings. The highest BCUT2D eigenvalue weighted by atomic mass is 16.5. The third-order valence-electron chi connectivity index (χ3n) is 3.50. The molecule has 0 saturated carbocycles. The Kier molecular flexibility index (Phi) is 4.27. The molecule has 5 nitrogen and oxygen atoms in total. The summed E-state index contributed by atoms with van der Waals surface area (Å²) in [5.74, 6) is -0.608. The van der Waals surface area contributed by atoms with Crippen LogP contribution in [-0.2, 0) is 4.74 Å². The zero-order valence-electron chi connectivity index (χ0n) is 11.1. The molecular weight excluding hydrogens is 244 g/mol. The average Bonchev–Trinajstić information content (AvgIpc) is 2.39. The molecule has 1 heterocycles. The van der Waals surface area contributed by atoms with E-state index in [1.165, 1.54) is 12.1 Å². The molecule has 104 valence electrons. The number of carbonyl (C=O) groups excluding carboxylic acids is 1. The van der Waals surface area contributed by atoms with E-state index in [0.29, 0.717) is 5.69 Å². The Hall–Kier alpha value is -1.75. The maximum atomic E-state index is 12.0. The van der Waals surface area contributed by atoms with Crippen LogP contribution in [0.4, 0.5) is 5.69 Å². The number of anilines is 1. The molecule has 5 heteroatoms. The number of ether oxygens (including phenoxy) is 1. The number of hydrogen-bond acceptors (Lipinski definition) is 5. The minimum atomic E-state index is -0.479. The SMILES string of the molecule is CCN1CCC(OC(=O)c2ccc(N)cc2O)CC1. The quantitative estimate of drug-likeness (QED) is 0.641. The molecule has 0 unspecified atom stereocenters. The fraction of sp³-hybridized carbons (Fsp3) is 0.500. The number of benzene rings is 1. The lowest BCUT2D eigenvalue weighted by Gasteiger charge is -2.30. The molecule has 0 bridgehead atoms.